The fourth-order valence-electron chi connectivity index (χ4n) is 3.31. The summed E-state index contributed by atoms with van der Waals surface area (Å²) in [5, 5.41) is 3.17. The summed E-state index contributed by atoms with van der Waals surface area (Å²) in [4.78, 5) is 73.0. The van der Waals surface area contributed by atoms with Gasteiger partial charge in [-0.25, -0.2) is 0 Å². The zero-order valence-corrected chi connectivity index (χ0v) is 20.0. The minimum absolute atomic E-state index is 0.0210. The molecule has 2 saturated heterocycles. The van der Waals surface area contributed by atoms with Gasteiger partial charge in [-0.3, -0.25) is 39.4 Å². The molecule has 178 valence electrons. The topological polar surface area (TPSA) is 133 Å². The fourth-order valence-corrected chi connectivity index (χ4v) is 5.05. The molecule has 2 unspecified atom stereocenters. The van der Waals surface area contributed by atoms with Crippen molar-refractivity contribution in [2.75, 3.05) is 27.2 Å². The molecule has 0 spiro atoms. The van der Waals surface area contributed by atoms with Crippen LogP contribution < -0.4 is 10.6 Å². The Bertz CT molecular complexity index is 700. The molecule has 2 heterocycles. The molecule has 0 aromatic heterocycles. The van der Waals surface area contributed by atoms with Gasteiger partial charge in [-0.05, 0) is 25.7 Å². The Morgan fingerprint density at radius 2 is 1.09 bits per heavy atom. The lowest BCUT2D eigenvalue weighted by atomic mass is 10.1. The molecule has 0 radical (unpaired) electrons. The Balaban J connectivity index is 1.53. The van der Waals surface area contributed by atoms with E-state index in [0.29, 0.717) is 64.5 Å². The first-order valence-corrected chi connectivity index (χ1v) is 12.4. The first kappa shape index (κ1) is 26.2. The molecule has 0 aromatic carbocycles. The highest BCUT2D eigenvalue weighted by Crippen LogP contribution is 2.25. The zero-order chi connectivity index (χ0) is 23.7. The van der Waals surface area contributed by atoms with Crippen LogP contribution in [-0.4, -0.2) is 81.6 Å². The Morgan fingerprint density at radius 1 is 0.719 bits per heavy atom. The zero-order valence-electron chi connectivity index (χ0n) is 18.4. The summed E-state index contributed by atoms with van der Waals surface area (Å²) in [5.74, 6) is -0.553. The average Bonchev–Trinajstić information content (AvgIpc) is 3.24. The number of thioether (sulfide) groups is 2. The van der Waals surface area contributed by atoms with Crippen LogP contribution in [-0.2, 0) is 19.2 Å². The largest absolute Gasteiger partial charge is 0.344 e. The second-order valence-corrected chi connectivity index (χ2v) is 10.2. The molecule has 12 heteroatoms. The van der Waals surface area contributed by atoms with Gasteiger partial charge in [0, 0.05) is 40.0 Å². The Kier molecular flexibility index (Phi) is 10.5. The van der Waals surface area contributed by atoms with E-state index in [1.165, 1.54) is 0 Å². The summed E-state index contributed by atoms with van der Waals surface area (Å²) < 4.78 is 0. The molecule has 10 nitrogen and oxygen atoms in total. The van der Waals surface area contributed by atoms with Crippen LogP contribution in [0, 0.1) is 0 Å². The van der Waals surface area contributed by atoms with Gasteiger partial charge in [-0.2, -0.15) is 0 Å². The van der Waals surface area contributed by atoms with Crippen LogP contribution in [0.1, 0.15) is 51.4 Å². The third-order valence-electron chi connectivity index (χ3n) is 5.37. The molecule has 0 saturated carbocycles. The Labute approximate surface area is 195 Å². The molecular formula is C20H30N4O6S2. The summed E-state index contributed by atoms with van der Waals surface area (Å²) in [7, 11) is 3.40. The molecule has 2 aliphatic heterocycles. The number of hydrogen-bond donors (Lipinski definition) is 2. The second kappa shape index (κ2) is 12.8. The van der Waals surface area contributed by atoms with Crippen molar-refractivity contribution in [3.8, 4) is 0 Å². The Morgan fingerprint density at radius 3 is 1.41 bits per heavy atom. The summed E-state index contributed by atoms with van der Waals surface area (Å²) in [6, 6.07) is 0. The van der Waals surface area contributed by atoms with E-state index in [4.69, 9.17) is 0 Å². The fraction of sp³-hybridized carbons (Fsp3) is 0.700. The number of rotatable bonds is 13. The van der Waals surface area contributed by atoms with Gasteiger partial charge >= 0.3 is 0 Å². The highest BCUT2D eigenvalue weighted by Gasteiger charge is 2.31. The molecule has 2 rings (SSSR count). The maximum atomic E-state index is 12.2. The minimum Gasteiger partial charge on any atom is -0.344 e. The molecule has 2 atom stereocenters. The number of likely N-dealkylation sites (N-methyl/N-ethyl adjacent to an activating group) is 2. The van der Waals surface area contributed by atoms with Crippen LogP contribution in [0.5, 0.6) is 0 Å². The van der Waals surface area contributed by atoms with Crippen molar-refractivity contribution < 1.29 is 28.8 Å². The van der Waals surface area contributed by atoms with Crippen LogP contribution >= 0.6 is 23.5 Å². The lowest BCUT2D eigenvalue weighted by Gasteiger charge is -2.22. The van der Waals surface area contributed by atoms with Crippen molar-refractivity contribution in [1.82, 2.24) is 20.4 Å². The molecule has 2 N–H and O–H groups in total. The molecule has 32 heavy (non-hydrogen) atoms. The predicted molar refractivity (Wildman–Crippen MR) is 122 cm³/mol. The van der Waals surface area contributed by atoms with Gasteiger partial charge in [0.2, 0.25) is 23.6 Å². The maximum Gasteiger partial charge on any atom is 0.286 e. The number of nitrogens with zero attached hydrogens (tertiary/aromatic N) is 2. The number of amides is 6. The van der Waals surface area contributed by atoms with E-state index in [0.717, 1.165) is 23.5 Å². The molecule has 0 bridgehead atoms. The number of nitrogens with one attached hydrogen (secondary N) is 2. The molecule has 2 aliphatic rings. The monoisotopic (exact) mass is 486 g/mol. The van der Waals surface area contributed by atoms with Crippen molar-refractivity contribution >= 4 is 57.6 Å². The predicted octanol–water partition coefficient (Wildman–Crippen LogP) is 1.73. The number of carbonyl (C=O) groups is 6. The van der Waals surface area contributed by atoms with Gasteiger partial charge in [-0.15, -0.1) is 0 Å². The average molecular weight is 487 g/mol. The maximum absolute atomic E-state index is 12.2. The SMILES string of the molecule is CN(CCN(C)C(=O)CCCCC1SC(=O)NC1=O)C(=O)CCCCC1SC(=O)NC1=O. The highest BCUT2D eigenvalue weighted by molar-refractivity contribution is 8.15. The normalized spacial score (nSPS) is 20.3. The molecular weight excluding hydrogens is 456 g/mol. The Hall–Kier alpha value is -2.08. The number of hydrogen-bond acceptors (Lipinski definition) is 8. The van der Waals surface area contributed by atoms with Crippen LogP contribution in [0.3, 0.4) is 0 Å². The summed E-state index contributed by atoms with van der Waals surface area (Å²) in [6.07, 6.45) is 4.50. The van der Waals surface area contributed by atoms with Crippen LogP contribution in [0.4, 0.5) is 9.59 Å². The number of imide groups is 2. The van der Waals surface area contributed by atoms with Gasteiger partial charge in [0.05, 0.1) is 10.5 Å². The third kappa shape index (κ3) is 8.45. The number of unbranched alkanes of at least 4 members (excludes halogenated alkanes) is 2. The minimum atomic E-state index is -0.355. The summed E-state index contributed by atoms with van der Waals surface area (Å²) in [6.45, 7) is 0.856. The smallest absolute Gasteiger partial charge is 0.286 e. The van der Waals surface area contributed by atoms with Crippen molar-refractivity contribution in [3.05, 3.63) is 0 Å². The van der Waals surface area contributed by atoms with Gasteiger partial charge < -0.3 is 9.80 Å². The summed E-state index contributed by atoms with van der Waals surface area (Å²) >= 11 is 2.00. The van der Waals surface area contributed by atoms with E-state index in [-0.39, 0.29) is 44.6 Å². The van der Waals surface area contributed by atoms with E-state index in [9.17, 15) is 28.8 Å². The first-order valence-electron chi connectivity index (χ1n) is 10.7. The van der Waals surface area contributed by atoms with Crippen LogP contribution in [0.25, 0.3) is 0 Å². The van der Waals surface area contributed by atoms with Gasteiger partial charge in [0.15, 0.2) is 0 Å². The van der Waals surface area contributed by atoms with Gasteiger partial charge in [-0.1, -0.05) is 36.4 Å². The first-order chi connectivity index (χ1) is 15.2. The van der Waals surface area contributed by atoms with Gasteiger partial charge in [0.1, 0.15) is 0 Å². The van der Waals surface area contributed by atoms with E-state index in [1.54, 1.807) is 23.9 Å². The van der Waals surface area contributed by atoms with E-state index >= 15 is 0 Å². The van der Waals surface area contributed by atoms with Crippen LogP contribution in [0.15, 0.2) is 0 Å². The lowest BCUT2D eigenvalue weighted by Crippen LogP contribution is -2.37. The highest BCUT2D eigenvalue weighted by atomic mass is 32.2. The molecule has 0 aromatic rings. The van der Waals surface area contributed by atoms with Gasteiger partial charge in [0.25, 0.3) is 10.5 Å². The number of carbonyl (C=O) groups excluding carboxylic acids is 6. The standard InChI is InChI=1S/C20H30N4O6S2/c1-23(15(25)9-5-3-7-13-17(27)21-19(29)31-13)11-12-24(2)16(26)10-6-4-8-14-18(28)22-20(30)32-14/h13-14H,3-12H2,1-2H3,(H,21,27,29)(H,22,28,30). The molecule has 0 aliphatic carbocycles. The lowest BCUT2D eigenvalue weighted by molar-refractivity contribution is -0.133. The van der Waals surface area contributed by atoms with Crippen LogP contribution in [0.2, 0.25) is 0 Å². The van der Waals surface area contributed by atoms with E-state index in [1.807, 2.05) is 0 Å². The molecule has 2 fully saturated rings. The van der Waals surface area contributed by atoms with E-state index < -0.39 is 0 Å². The van der Waals surface area contributed by atoms with Crippen molar-refractivity contribution in [2.24, 2.45) is 0 Å². The van der Waals surface area contributed by atoms with E-state index in [2.05, 4.69) is 10.6 Å². The van der Waals surface area contributed by atoms with Crippen molar-refractivity contribution in [1.29, 1.82) is 0 Å². The second-order valence-electron chi connectivity index (χ2n) is 7.89. The van der Waals surface area contributed by atoms with Crippen molar-refractivity contribution in [3.63, 3.8) is 0 Å². The quantitative estimate of drug-likeness (QED) is 0.376. The summed E-state index contributed by atoms with van der Waals surface area (Å²) in [5.41, 5.74) is 0. The third-order valence-corrected chi connectivity index (χ3v) is 7.47. The molecule has 6 amide bonds. The van der Waals surface area contributed by atoms with Crippen molar-refractivity contribution in [2.45, 2.75) is 61.9 Å².